The average Bonchev–Trinajstić information content (AvgIpc) is 3.12. The first-order valence-corrected chi connectivity index (χ1v) is 9.09. The molecule has 2 rings (SSSR count). The van der Waals surface area contributed by atoms with E-state index in [0.29, 0.717) is 17.9 Å². The van der Waals surface area contributed by atoms with Gasteiger partial charge in [-0.3, -0.25) is 4.79 Å². The van der Waals surface area contributed by atoms with Crippen LogP contribution in [0, 0.1) is 0 Å². The van der Waals surface area contributed by atoms with E-state index in [1.807, 2.05) is 19.2 Å². The molecular weight excluding hydrogens is 340 g/mol. The molecular formula is C18H22N2O4S. The molecule has 1 unspecified atom stereocenters. The molecule has 1 atom stereocenters. The normalized spacial score (nSPS) is 11.6. The van der Waals surface area contributed by atoms with Gasteiger partial charge in [0.15, 0.2) is 6.61 Å². The molecule has 1 heterocycles. The van der Waals surface area contributed by atoms with Crippen molar-refractivity contribution in [1.82, 2.24) is 10.3 Å². The zero-order valence-electron chi connectivity index (χ0n) is 14.4. The number of nitrogens with one attached hydrogen (secondary N) is 1. The SMILES string of the molecule is CCCC(C)NC(=O)COC(=O)c1ccc(OCc2cscn2)cc1. The molecule has 2 aromatic rings. The molecule has 0 radical (unpaired) electrons. The van der Waals surface area contributed by atoms with Gasteiger partial charge >= 0.3 is 5.97 Å². The lowest BCUT2D eigenvalue weighted by Crippen LogP contribution is -2.35. The largest absolute Gasteiger partial charge is 0.487 e. The fourth-order valence-electron chi connectivity index (χ4n) is 2.19. The van der Waals surface area contributed by atoms with Crippen LogP contribution < -0.4 is 10.1 Å². The fraction of sp³-hybridized carbons (Fsp3) is 0.389. The Morgan fingerprint density at radius 3 is 2.68 bits per heavy atom. The molecule has 25 heavy (non-hydrogen) atoms. The molecule has 1 aromatic carbocycles. The van der Waals surface area contributed by atoms with E-state index >= 15 is 0 Å². The van der Waals surface area contributed by atoms with Crippen molar-refractivity contribution in [3.63, 3.8) is 0 Å². The molecule has 0 aliphatic carbocycles. The summed E-state index contributed by atoms with van der Waals surface area (Å²) < 4.78 is 10.6. The molecule has 1 aromatic heterocycles. The molecule has 0 fully saturated rings. The number of esters is 1. The van der Waals surface area contributed by atoms with E-state index in [2.05, 4.69) is 10.3 Å². The number of rotatable bonds is 9. The van der Waals surface area contributed by atoms with Crippen molar-refractivity contribution in [2.45, 2.75) is 39.3 Å². The van der Waals surface area contributed by atoms with Crippen LogP contribution in [0.25, 0.3) is 0 Å². The second kappa shape index (κ2) is 9.78. The maximum Gasteiger partial charge on any atom is 0.338 e. The van der Waals surface area contributed by atoms with E-state index < -0.39 is 5.97 Å². The number of aromatic nitrogens is 1. The van der Waals surface area contributed by atoms with Crippen LogP contribution in [0.1, 0.15) is 42.7 Å². The molecule has 0 saturated heterocycles. The summed E-state index contributed by atoms with van der Waals surface area (Å²) in [6.07, 6.45) is 1.88. The van der Waals surface area contributed by atoms with E-state index in [9.17, 15) is 9.59 Å². The third kappa shape index (κ3) is 6.54. The second-order valence-electron chi connectivity index (χ2n) is 5.63. The van der Waals surface area contributed by atoms with Gasteiger partial charge in [0.2, 0.25) is 0 Å². The lowest BCUT2D eigenvalue weighted by Gasteiger charge is -2.12. The minimum Gasteiger partial charge on any atom is -0.487 e. The fourth-order valence-corrected chi connectivity index (χ4v) is 2.73. The first-order chi connectivity index (χ1) is 12.1. The van der Waals surface area contributed by atoms with Crippen molar-refractivity contribution in [3.8, 4) is 5.75 Å². The van der Waals surface area contributed by atoms with Gasteiger partial charge in [0.1, 0.15) is 12.4 Å². The number of thiazole rings is 1. The lowest BCUT2D eigenvalue weighted by atomic mass is 10.2. The monoisotopic (exact) mass is 362 g/mol. The van der Waals surface area contributed by atoms with Crippen LogP contribution in [0.3, 0.4) is 0 Å². The highest BCUT2D eigenvalue weighted by molar-refractivity contribution is 7.07. The lowest BCUT2D eigenvalue weighted by molar-refractivity contribution is -0.124. The Kier molecular flexibility index (Phi) is 7.40. The maximum atomic E-state index is 12.0. The number of nitrogens with zero attached hydrogens (tertiary/aromatic N) is 1. The van der Waals surface area contributed by atoms with Gasteiger partial charge in [-0.25, -0.2) is 9.78 Å². The van der Waals surface area contributed by atoms with E-state index in [1.165, 1.54) is 11.3 Å². The van der Waals surface area contributed by atoms with Gasteiger partial charge in [0.05, 0.1) is 16.8 Å². The highest BCUT2D eigenvalue weighted by Crippen LogP contribution is 2.15. The average molecular weight is 362 g/mol. The highest BCUT2D eigenvalue weighted by Gasteiger charge is 2.12. The van der Waals surface area contributed by atoms with Gasteiger partial charge in [-0.15, -0.1) is 11.3 Å². The van der Waals surface area contributed by atoms with Gasteiger partial charge in [-0.2, -0.15) is 0 Å². The van der Waals surface area contributed by atoms with Crippen molar-refractivity contribution in [2.24, 2.45) is 0 Å². The van der Waals surface area contributed by atoms with E-state index in [0.717, 1.165) is 18.5 Å². The molecule has 0 aliphatic heterocycles. The van der Waals surface area contributed by atoms with Crippen LogP contribution in [0.2, 0.25) is 0 Å². The van der Waals surface area contributed by atoms with Crippen molar-refractivity contribution < 1.29 is 19.1 Å². The summed E-state index contributed by atoms with van der Waals surface area (Å²) in [5, 5.41) is 4.70. The smallest absolute Gasteiger partial charge is 0.338 e. The molecule has 0 spiro atoms. The Bertz CT molecular complexity index is 671. The van der Waals surface area contributed by atoms with Crippen molar-refractivity contribution in [2.75, 3.05) is 6.61 Å². The molecule has 7 heteroatoms. The van der Waals surface area contributed by atoms with Gasteiger partial charge < -0.3 is 14.8 Å². The van der Waals surface area contributed by atoms with Gasteiger partial charge in [0, 0.05) is 11.4 Å². The van der Waals surface area contributed by atoms with Crippen molar-refractivity contribution in [1.29, 1.82) is 0 Å². The molecule has 1 N–H and O–H groups in total. The standard InChI is InChI=1S/C18H22N2O4S/c1-3-4-13(2)20-17(21)10-24-18(22)14-5-7-16(8-6-14)23-9-15-11-25-12-19-15/h5-8,11-13H,3-4,9-10H2,1-2H3,(H,20,21). The Morgan fingerprint density at radius 2 is 2.04 bits per heavy atom. The first-order valence-electron chi connectivity index (χ1n) is 8.15. The first kappa shape index (κ1) is 18.9. The molecule has 1 amide bonds. The zero-order chi connectivity index (χ0) is 18.1. The van der Waals surface area contributed by atoms with Crippen LogP contribution in [0.15, 0.2) is 35.2 Å². The van der Waals surface area contributed by atoms with Crippen molar-refractivity contribution >= 4 is 23.2 Å². The van der Waals surface area contributed by atoms with Crippen LogP contribution in [-0.4, -0.2) is 29.5 Å². The number of amides is 1. The summed E-state index contributed by atoms with van der Waals surface area (Å²) in [6.45, 7) is 4.07. The van der Waals surface area contributed by atoms with Gasteiger partial charge in [-0.1, -0.05) is 13.3 Å². The molecule has 6 nitrogen and oxygen atoms in total. The van der Waals surface area contributed by atoms with Gasteiger partial charge in [-0.05, 0) is 37.6 Å². The topological polar surface area (TPSA) is 77.5 Å². The minimum absolute atomic E-state index is 0.0744. The summed E-state index contributed by atoms with van der Waals surface area (Å²) in [5.41, 5.74) is 2.98. The van der Waals surface area contributed by atoms with E-state index in [4.69, 9.17) is 9.47 Å². The number of hydrogen-bond acceptors (Lipinski definition) is 6. The van der Waals surface area contributed by atoms with E-state index in [-0.39, 0.29) is 18.6 Å². The zero-order valence-corrected chi connectivity index (χ0v) is 15.2. The number of benzene rings is 1. The van der Waals surface area contributed by atoms with E-state index in [1.54, 1.807) is 29.8 Å². The number of carbonyl (C=O) groups is 2. The number of hydrogen-bond donors (Lipinski definition) is 1. The predicted molar refractivity (Wildman–Crippen MR) is 95.7 cm³/mol. The Hall–Kier alpha value is -2.41. The highest BCUT2D eigenvalue weighted by atomic mass is 32.1. The number of ether oxygens (including phenoxy) is 2. The van der Waals surface area contributed by atoms with Crippen LogP contribution in [0.5, 0.6) is 5.75 Å². The molecule has 0 saturated carbocycles. The van der Waals surface area contributed by atoms with Crippen LogP contribution >= 0.6 is 11.3 Å². The Morgan fingerprint density at radius 1 is 1.28 bits per heavy atom. The summed E-state index contributed by atoms with van der Waals surface area (Å²) in [7, 11) is 0. The summed E-state index contributed by atoms with van der Waals surface area (Å²) in [5.74, 6) is -0.197. The number of carbonyl (C=O) groups excluding carboxylic acids is 2. The third-order valence-electron chi connectivity index (χ3n) is 3.42. The third-order valence-corrected chi connectivity index (χ3v) is 4.06. The molecule has 134 valence electrons. The molecule has 0 bridgehead atoms. The Labute approximate surface area is 151 Å². The summed E-state index contributed by atoms with van der Waals surface area (Å²) >= 11 is 1.51. The van der Waals surface area contributed by atoms with Crippen molar-refractivity contribution in [3.05, 3.63) is 46.4 Å². The quantitative estimate of drug-likeness (QED) is 0.693. The predicted octanol–water partition coefficient (Wildman–Crippen LogP) is 3.18. The second-order valence-corrected chi connectivity index (χ2v) is 6.34. The Balaban J connectivity index is 1.76. The summed E-state index contributed by atoms with van der Waals surface area (Å²) in [6, 6.07) is 6.66. The van der Waals surface area contributed by atoms with Gasteiger partial charge in [0.25, 0.3) is 5.91 Å². The van der Waals surface area contributed by atoms with Crippen LogP contribution in [0.4, 0.5) is 0 Å². The minimum atomic E-state index is -0.538. The summed E-state index contributed by atoms with van der Waals surface area (Å²) in [4.78, 5) is 27.8. The maximum absolute atomic E-state index is 12.0. The van der Waals surface area contributed by atoms with Crippen LogP contribution in [-0.2, 0) is 16.1 Å². The molecule has 0 aliphatic rings.